The van der Waals surface area contributed by atoms with Crippen molar-refractivity contribution in [1.82, 2.24) is 24.9 Å². The number of nitrogens with zero attached hydrogens (tertiary/aromatic N) is 4. The van der Waals surface area contributed by atoms with E-state index in [1.54, 1.807) is 37.3 Å². The van der Waals surface area contributed by atoms with Gasteiger partial charge in [-0.05, 0) is 60.2 Å². The lowest BCUT2D eigenvalue weighted by Gasteiger charge is -2.14. The number of esters is 1. The summed E-state index contributed by atoms with van der Waals surface area (Å²) in [7, 11) is 1.32. The van der Waals surface area contributed by atoms with Crippen molar-refractivity contribution in [2.24, 2.45) is 5.73 Å². The average molecular weight is 552 g/mol. The Hall–Kier alpha value is -4.91. The van der Waals surface area contributed by atoms with Gasteiger partial charge in [-0.3, -0.25) is 4.79 Å². The smallest absolute Gasteiger partial charge is 0.354 e. The molecule has 0 fully saturated rings. The number of aromatic carboxylic acids is 1. The number of aromatic nitrogens is 4. The predicted molar refractivity (Wildman–Crippen MR) is 144 cm³/mol. The lowest BCUT2D eigenvalue weighted by molar-refractivity contribution is 0.0599. The summed E-state index contributed by atoms with van der Waals surface area (Å²) >= 11 is 0. The van der Waals surface area contributed by atoms with E-state index in [2.05, 4.69) is 20.4 Å². The SMILES string of the molecule is C.COC(=O)c1ccc2c(c1)CC[C@@H]2NC(=O)c1cc(C(=O)O)n2nc(N)nc2n1.Cc1cc(CN)ccc1F. The van der Waals surface area contributed by atoms with Crippen LogP contribution in [0.1, 0.15) is 73.5 Å². The predicted octanol–water partition coefficient (Wildman–Crippen LogP) is 2.84. The fraction of sp³-hybridized carbons (Fsp3) is 0.259. The van der Waals surface area contributed by atoms with Crippen LogP contribution in [0.2, 0.25) is 0 Å². The van der Waals surface area contributed by atoms with E-state index in [0.29, 0.717) is 30.5 Å². The number of aryl methyl sites for hydroxylation is 2. The van der Waals surface area contributed by atoms with E-state index in [9.17, 15) is 23.9 Å². The van der Waals surface area contributed by atoms with E-state index in [1.807, 2.05) is 0 Å². The number of nitrogen functional groups attached to an aromatic ring is 1. The summed E-state index contributed by atoms with van der Waals surface area (Å²) in [5.41, 5.74) is 14.4. The highest BCUT2D eigenvalue weighted by atomic mass is 19.1. The molecule has 12 nitrogen and oxygen atoms in total. The van der Waals surface area contributed by atoms with Gasteiger partial charge in [0, 0.05) is 12.6 Å². The van der Waals surface area contributed by atoms with Crippen LogP contribution in [0, 0.1) is 12.7 Å². The van der Waals surface area contributed by atoms with E-state index >= 15 is 0 Å². The number of halogens is 1. The lowest BCUT2D eigenvalue weighted by atomic mass is 10.0. The molecular weight excluding hydrogens is 521 g/mol. The van der Waals surface area contributed by atoms with Crippen molar-refractivity contribution in [3.63, 3.8) is 0 Å². The van der Waals surface area contributed by atoms with E-state index in [0.717, 1.165) is 27.3 Å². The molecule has 0 spiro atoms. The largest absolute Gasteiger partial charge is 0.477 e. The van der Waals surface area contributed by atoms with Crippen molar-refractivity contribution in [2.45, 2.75) is 39.8 Å². The van der Waals surface area contributed by atoms with Gasteiger partial charge in [0.15, 0.2) is 5.69 Å². The molecule has 2 heterocycles. The number of hydrogen-bond acceptors (Lipinski definition) is 9. The van der Waals surface area contributed by atoms with Crippen LogP contribution in [-0.2, 0) is 17.7 Å². The molecule has 1 amide bonds. The number of carbonyl (C=O) groups is 3. The number of carboxylic acids is 1. The summed E-state index contributed by atoms with van der Waals surface area (Å²) in [4.78, 5) is 43.8. The first-order valence-electron chi connectivity index (χ1n) is 11.8. The number of nitrogens with one attached hydrogen (secondary N) is 1. The molecule has 0 saturated carbocycles. The van der Waals surface area contributed by atoms with Crippen molar-refractivity contribution in [2.75, 3.05) is 12.8 Å². The molecule has 2 aromatic heterocycles. The molecule has 1 aliphatic carbocycles. The second-order valence-corrected chi connectivity index (χ2v) is 8.77. The Labute approximate surface area is 229 Å². The zero-order valence-electron chi connectivity index (χ0n) is 21.1. The minimum Gasteiger partial charge on any atom is -0.477 e. The average Bonchev–Trinajstić information content (AvgIpc) is 3.51. The molecule has 13 heteroatoms. The van der Waals surface area contributed by atoms with Gasteiger partial charge in [-0.2, -0.15) is 9.50 Å². The molecular formula is C27H30FN7O5. The molecule has 1 atom stereocenters. The molecule has 0 radical (unpaired) electrons. The highest BCUT2D eigenvalue weighted by Crippen LogP contribution is 2.32. The first-order chi connectivity index (χ1) is 18.6. The second kappa shape index (κ2) is 12.3. The summed E-state index contributed by atoms with van der Waals surface area (Å²) in [6, 6.07) is 10.9. The van der Waals surface area contributed by atoms with Crippen molar-refractivity contribution in [3.8, 4) is 0 Å². The Morgan fingerprint density at radius 3 is 2.58 bits per heavy atom. The van der Waals surface area contributed by atoms with Crippen molar-refractivity contribution in [1.29, 1.82) is 0 Å². The first-order valence-corrected chi connectivity index (χ1v) is 11.8. The third-order valence-electron chi connectivity index (χ3n) is 6.19. The number of carbonyl (C=O) groups excluding carboxylic acids is 2. The third kappa shape index (κ3) is 6.21. The number of anilines is 1. The van der Waals surface area contributed by atoms with Gasteiger partial charge in [-0.25, -0.2) is 19.0 Å². The van der Waals surface area contributed by atoms with Gasteiger partial charge in [-0.15, -0.1) is 5.10 Å². The van der Waals surface area contributed by atoms with Gasteiger partial charge < -0.3 is 26.6 Å². The minimum atomic E-state index is -1.29. The molecule has 2 aromatic carbocycles. The lowest BCUT2D eigenvalue weighted by Crippen LogP contribution is -2.28. The zero-order chi connectivity index (χ0) is 28.3. The molecule has 4 aromatic rings. The number of methoxy groups -OCH3 is 1. The third-order valence-corrected chi connectivity index (χ3v) is 6.19. The van der Waals surface area contributed by atoms with Crippen LogP contribution >= 0.6 is 0 Å². The monoisotopic (exact) mass is 551 g/mol. The van der Waals surface area contributed by atoms with E-state index in [1.165, 1.54) is 13.2 Å². The van der Waals surface area contributed by atoms with Gasteiger partial charge >= 0.3 is 11.9 Å². The Morgan fingerprint density at radius 1 is 1.18 bits per heavy atom. The van der Waals surface area contributed by atoms with Gasteiger partial charge in [0.25, 0.3) is 11.7 Å². The van der Waals surface area contributed by atoms with E-state index < -0.39 is 17.8 Å². The summed E-state index contributed by atoms with van der Waals surface area (Å²) in [6.07, 6.45) is 1.32. The molecule has 40 heavy (non-hydrogen) atoms. The van der Waals surface area contributed by atoms with Gasteiger partial charge in [0.1, 0.15) is 11.5 Å². The van der Waals surface area contributed by atoms with E-state index in [-0.39, 0.29) is 42.4 Å². The van der Waals surface area contributed by atoms with Crippen LogP contribution in [0.15, 0.2) is 42.5 Å². The van der Waals surface area contributed by atoms with Crippen molar-refractivity contribution < 1.29 is 28.6 Å². The van der Waals surface area contributed by atoms with Crippen LogP contribution in [0.25, 0.3) is 5.78 Å². The number of benzene rings is 2. The highest BCUT2D eigenvalue weighted by Gasteiger charge is 2.27. The topological polar surface area (TPSA) is 188 Å². The Morgan fingerprint density at radius 2 is 1.93 bits per heavy atom. The van der Waals surface area contributed by atoms with Crippen molar-refractivity contribution >= 4 is 29.6 Å². The number of hydrogen-bond donors (Lipinski definition) is 4. The van der Waals surface area contributed by atoms with Crippen LogP contribution in [0.3, 0.4) is 0 Å². The quantitative estimate of drug-likeness (QED) is 0.269. The molecule has 5 rings (SSSR count). The number of amides is 1. The Balaban J connectivity index is 0.000000340. The summed E-state index contributed by atoms with van der Waals surface area (Å²) in [5, 5.41) is 16.0. The molecule has 0 unspecified atom stereocenters. The number of ether oxygens (including phenoxy) is 1. The fourth-order valence-corrected chi connectivity index (χ4v) is 4.23. The molecule has 0 bridgehead atoms. The summed E-state index contributed by atoms with van der Waals surface area (Å²) < 4.78 is 18.3. The van der Waals surface area contributed by atoms with E-state index in [4.69, 9.17) is 16.2 Å². The first kappa shape index (κ1) is 29.6. The summed E-state index contributed by atoms with van der Waals surface area (Å²) in [5.74, 6) is -2.67. The van der Waals surface area contributed by atoms with Crippen LogP contribution < -0.4 is 16.8 Å². The standard InChI is InChI=1S/C18H16N6O5.C8H10FN.CH4/c1-29-16(28)9-2-4-10-8(6-9)3-5-11(10)20-14(25)12-7-13(15(26)27)24-18(21-12)22-17(19)23-24;1-6-4-7(5-10)2-3-8(6)9;/h2,4,6-7,11H,3,5H2,1H3,(H2,19,23)(H,20,25)(H,26,27);2-4H,5,10H2,1H3;1H4/t11-;;/m0../s1. The van der Waals surface area contributed by atoms with Crippen LogP contribution in [0.5, 0.6) is 0 Å². The second-order valence-electron chi connectivity index (χ2n) is 8.77. The highest BCUT2D eigenvalue weighted by molar-refractivity contribution is 5.96. The summed E-state index contributed by atoms with van der Waals surface area (Å²) in [6.45, 7) is 2.20. The number of carboxylic acid groups (broad SMARTS) is 1. The van der Waals surface area contributed by atoms with Crippen LogP contribution in [-0.4, -0.2) is 49.6 Å². The molecule has 6 N–H and O–H groups in total. The zero-order valence-corrected chi connectivity index (χ0v) is 21.1. The maximum atomic E-state index is 12.7. The number of nitrogens with two attached hydrogens (primary N) is 2. The van der Waals surface area contributed by atoms with Gasteiger partial charge in [0.2, 0.25) is 5.95 Å². The molecule has 0 saturated heterocycles. The fourth-order valence-electron chi connectivity index (χ4n) is 4.23. The Bertz CT molecular complexity index is 1590. The molecule has 210 valence electrons. The normalized spacial score (nSPS) is 13.4. The number of rotatable bonds is 5. The van der Waals surface area contributed by atoms with Gasteiger partial charge in [-0.1, -0.05) is 25.6 Å². The van der Waals surface area contributed by atoms with Crippen LogP contribution in [0.4, 0.5) is 10.3 Å². The van der Waals surface area contributed by atoms with Crippen molar-refractivity contribution in [3.05, 3.63) is 87.5 Å². The van der Waals surface area contributed by atoms with Gasteiger partial charge in [0.05, 0.1) is 18.7 Å². The Kier molecular flexibility index (Phi) is 9.11. The minimum absolute atomic E-state index is 0. The number of fused-ring (bicyclic) bond motifs is 2. The molecule has 1 aliphatic rings. The maximum Gasteiger partial charge on any atom is 0.354 e. The molecule has 0 aliphatic heterocycles. The maximum absolute atomic E-state index is 12.7.